The Kier molecular flexibility index (Phi) is 4.42. The van der Waals surface area contributed by atoms with Gasteiger partial charge in [0, 0.05) is 18.4 Å². The van der Waals surface area contributed by atoms with Crippen LogP contribution in [0, 0.1) is 6.92 Å². The molecule has 0 saturated carbocycles. The number of carbonyl (C=O) groups is 1. The third-order valence-electron chi connectivity index (χ3n) is 2.87. The van der Waals surface area contributed by atoms with Crippen molar-refractivity contribution in [1.82, 2.24) is 0 Å². The Labute approximate surface area is 117 Å². The molecule has 0 amide bonds. The van der Waals surface area contributed by atoms with Crippen molar-refractivity contribution in [3.8, 4) is 0 Å². The molecule has 0 atom stereocenters. The molecule has 0 aliphatic carbocycles. The molecule has 5 nitrogen and oxygen atoms in total. The number of methoxy groups -OCH3 is 1. The van der Waals surface area contributed by atoms with E-state index in [4.69, 9.17) is 14.3 Å². The van der Waals surface area contributed by atoms with Gasteiger partial charge in [0.15, 0.2) is 0 Å². The molecule has 0 aliphatic rings. The van der Waals surface area contributed by atoms with Crippen LogP contribution in [0.4, 0.5) is 5.69 Å². The average molecular weight is 275 g/mol. The maximum absolute atomic E-state index is 10.9. The second-order valence-corrected chi connectivity index (χ2v) is 4.52. The van der Waals surface area contributed by atoms with Crippen LogP contribution in [0.5, 0.6) is 0 Å². The number of hydrogen-bond donors (Lipinski definition) is 2. The van der Waals surface area contributed by atoms with Gasteiger partial charge in [0.05, 0.1) is 13.2 Å². The maximum atomic E-state index is 10.9. The van der Waals surface area contributed by atoms with Gasteiger partial charge in [-0.25, -0.2) is 4.79 Å². The molecule has 0 aliphatic heterocycles. The van der Waals surface area contributed by atoms with Crippen molar-refractivity contribution < 1.29 is 19.1 Å². The molecule has 0 fully saturated rings. The lowest BCUT2D eigenvalue weighted by molar-refractivity contribution is 0.0659. The Hall–Kier alpha value is -2.27. The van der Waals surface area contributed by atoms with Crippen LogP contribution in [-0.4, -0.2) is 18.2 Å². The highest BCUT2D eigenvalue weighted by Crippen LogP contribution is 2.17. The lowest BCUT2D eigenvalue weighted by Gasteiger charge is -2.06. The number of carboxylic acid groups (broad SMARTS) is 1. The van der Waals surface area contributed by atoms with Gasteiger partial charge in [0.2, 0.25) is 5.76 Å². The van der Waals surface area contributed by atoms with E-state index in [1.165, 1.54) is 0 Å². The molecule has 0 radical (unpaired) electrons. The maximum Gasteiger partial charge on any atom is 0.372 e. The molecule has 1 aromatic heterocycles. The van der Waals surface area contributed by atoms with E-state index in [1.807, 2.05) is 24.3 Å². The predicted molar refractivity (Wildman–Crippen MR) is 74.9 cm³/mol. The first kappa shape index (κ1) is 14.1. The summed E-state index contributed by atoms with van der Waals surface area (Å²) in [5.74, 6) is -0.456. The highest BCUT2D eigenvalue weighted by Gasteiger charge is 2.13. The summed E-state index contributed by atoms with van der Waals surface area (Å²) in [6.45, 7) is 2.71. The zero-order valence-electron chi connectivity index (χ0n) is 11.5. The van der Waals surface area contributed by atoms with Crippen molar-refractivity contribution in [2.45, 2.75) is 20.1 Å². The number of nitrogens with one attached hydrogen (secondary N) is 1. The number of carboxylic acids is 1. The van der Waals surface area contributed by atoms with Gasteiger partial charge >= 0.3 is 5.97 Å². The number of aromatic carboxylic acids is 1. The van der Waals surface area contributed by atoms with E-state index >= 15 is 0 Å². The largest absolute Gasteiger partial charge is 0.475 e. The number of anilines is 1. The normalized spacial score (nSPS) is 10.5. The van der Waals surface area contributed by atoms with Gasteiger partial charge in [-0.15, -0.1) is 0 Å². The first-order valence-electron chi connectivity index (χ1n) is 6.24. The highest BCUT2D eigenvalue weighted by atomic mass is 16.5. The Bertz CT molecular complexity index is 604. The molecule has 0 saturated heterocycles. The van der Waals surface area contributed by atoms with Crippen LogP contribution in [0.3, 0.4) is 0 Å². The standard InChI is InChI=1S/C15H17NO4/c1-10-6-13(20-14(10)15(17)18)8-16-12-5-3-4-11(7-12)9-19-2/h3-7,16H,8-9H2,1-2H3,(H,17,18). The number of furan rings is 1. The van der Waals surface area contributed by atoms with Gasteiger partial charge in [0.1, 0.15) is 5.76 Å². The molecular weight excluding hydrogens is 258 g/mol. The molecular formula is C15H17NO4. The van der Waals surface area contributed by atoms with Crippen LogP contribution < -0.4 is 5.32 Å². The molecule has 0 spiro atoms. The van der Waals surface area contributed by atoms with Crippen LogP contribution >= 0.6 is 0 Å². The smallest absolute Gasteiger partial charge is 0.372 e. The van der Waals surface area contributed by atoms with Gasteiger partial charge in [-0.3, -0.25) is 0 Å². The summed E-state index contributed by atoms with van der Waals surface area (Å²) >= 11 is 0. The van der Waals surface area contributed by atoms with Crippen molar-refractivity contribution >= 4 is 11.7 Å². The van der Waals surface area contributed by atoms with Crippen LogP contribution in [0.25, 0.3) is 0 Å². The first-order valence-corrected chi connectivity index (χ1v) is 6.24. The van der Waals surface area contributed by atoms with Gasteiger partial charge in [-0.2, -0.15) is 0 Å². The first-order chi connectivity index (χ1) is 9.60. The monoisotopic (exact) mass is 275 g/mol. The van der Waals surface area contributed by atoms with Crippen LogP contribution in [0.15, 0.2) is 34.7 Å². The molecule has 0 unspecified atom stereocenters. The van der Waals surface area contributed by atoms with Crippen molar-refractivity contribution in [3.63, 3.8) is 0 Å². The van der Waals surface area contributed by atoms with Crippen molar-refractivity contribution in [1.29, 1.82) is 0 Å². The Morgan fingerprint density at radius 2 is 2.20 bits per heavy atom. The number of aryl methyl sites for hydroxylation is 1. The Balaban J connectivity index is 2.03. The summed E-state index contributed by atoms with van der Waals surface area (Å²) in [5, 5.41) is 12.1. The zero-order chi connectivity index (χ0) is 14.5. The number of hydrogen-bond acceptors (Lipinski definition) is 4. The van der Waals surface area contributed by atoms with E-state index in [0.717, 1.165) is 11.3 Å². The Morgan fingerprint density at radius 1 is 1.40 bits per heavy atom. The quantitative estimate of drug-likeness (QED) is 0.847. The third kappa shape index (κ3) is 3.39. The minimum Gasteiger partial charge on any atom is -0.475 e. The van der Waals surface area contributed by atoms with E-state index in [9.17, 15) is 4.79 Å². The lowest BCUT2D eigenvalue weighted by Crippen LogP contribution is -1.99. The number of ether oxygens (including phenoxy) is 1. The molecule has 1 heterocycles. The van der Waals surface area contributed by atoms with E-state index in [2.05, 4.69) is 5.32 Å². The van der Waals surface area contributed by atoms with Crippen LogP contribution in [-0.2, 0) is 17.9 Å². The summed E-state index contributed by atoms with van der Waals surface area (Å²) < 4.78 is 10.4. The van der Waals surface area contributed by atoms with Crippen molar-refractivity contribution in [3.05, 3.63) is 53.0 Å². The van der Waals surface area contributed by atoms with Crippen molar-refractivity contribution in [2.75, 3.05) is 12.4 Å². The average Bonchev–Trinajstić information content (AvgIpc) is 2.79. The summed E-state index contributed by atoms with van der Waals surface area (Å²) in [5.41, 5.74) is 2.63. The second kappa shape index (κ2) is 6.25. The molecule has 0 bridgehead atoms. The summed E-state index contributed by atoms with van der Waals surface area (Å²) in [4.78, 5) is 10.9. The minimum atomic E-state index is -1.05. The van der Waals surface area contributed by atoms with E-state index in [1.54, 1.807) is 20.1 Å². The predicted octanol–water partition coefficient (Wildman–Crippen LogP) is 3.04. The molecule has 20 heavy (non-hydrogen) atoms. The van der Waals surface area contributed by atoms with Crippen LogP contribution in [0.1, 0.15) is 27.4 Å². The van der Waals surface area contributed by atoms with E-state index in [0.29, 0.717) is 24.5 Å². The summed E-state index contributed by atoms with van der Waals surface area (Å²) in [7, 11) is 1.65. The second-order valence-electron chi connectivity index (χ2n) is 4.52. The third-order valence-corrected chi connectivity index (χ3v) is 2.87. The molecule has 2 N–H and O–H groups in total. The lowest BCUT2D eigenvalue weighted by atomic mass is 10.2. The number of rotatable bonds is 6. The molecule has 106 valence electrons. The minimum absolute atomic E-state index is 0.00469. The zero-order valence-corrected chi connectivity index (χ0v) is 11.5. The molecule has 2 rings (SSSR count). The van der Waals surface area contributed by atoms with Gasteiger partial charge in [0.25, 0.3) is 0 Å². The topological polar surface area (TPSA) is 71.7 Å². The summed E-state index contributed by atoms with van der Waals surface area (Å²) in [6, 6.07) is 9.57. The highest BCUT2D eigenvalue weighted by molar-refractivity contribution is 5.86. The van der Waals surface area contributed by atoms with Crippen LogP contribution in [0.2, 0.25) is 0 Å². The number of benzene rings is 1. The summed E-state index contributed by atoms with van der Waals surface area (Å²) in [6.07, 6.45) is 0. The van der Waals surface area contributed by atoms with Gasteiger partial charge in [-0.05, 0) is 30.7 Å². The fraction of sp³-hybridized carbons (Fsp3) is 0.267. The molecule has 2 aromatic rings. The fourth-order valence-corrected chi connectivity index (χ4v) is 1.97. The van der Waals surface area contributed by atoms with E-state index < -0.39 is 5.97 Å². The Morgan fingerprint density at radius 3 is 2.85 bits per heavy atom. The van der Waals surface area contributed by atoms with Gasteiger partial charge in [-0.1, -0.05) is 12.1 Å². The SMILES string of the molecule is COCc1cccc(NCc2cc(C)c(C(=O)O)o2)c1. The fourth-order valence-electron chi connectivity index (χ4n) is 1.97. The van der Waals surface area contributed by atoms with E-state index in [-0.39, 0.29) is 5.76 Å². The molecule has 1 aromatic carbocycles. The van der Waals surface area contributed by atoms with Crippen molar-refractivity contribution in [2.24, 2.45) is 0 Å². The molecule has 5 heteroatoms. The van der Waals surface area contributed by atoms with Gasteiger partial charge < -0.3 is 19.6 Å².